The van der Waals surface area contributed by atoms with Crippen LogP contribution in [0.1, 0.15) is 76.7 Å². The highest BCUT2D eigenvalue weighted by atomic mass is 16.4. The Bertz CT molecular complexity index is 558. The number of aliphatic carboxylic acids is 1. The van der Waals surface area contributed by atoms with E-state index in [2.05, 4.69) is 6.92 Å². The van der Waals surface area contributed by atoms with Gasteiger partial charge in [0, 0.05) is 5.56 Å². The standard InChI is InChI=1S/C22H32O3/c1-2-3-4-5-6-7-8-9-10-11-12-16-20(22(24)25)18-19-15-13-14-17-21(19)23/h12-18,23H,2-11H2,1H3,(H,24,25). The lowest BCUT2D eigenvalue weighted by molar-refractivity contribution is -0.132. The predicted molar refractivity (Wildman–Crippen MR) is 105 cm³/mol. The molecule has 0 atom stereocenters. The van der Waals surface area contributed by atoms with Crippen molar-refractivity contribution in [1.82, 2.24) is 0 Å². The van der Waals surface area contributed by atoms with Gasteiger partial charge in [-0.05, 0) is 25.0 Å². The number of aromatic hydroxyl groups is 1. The van der Waals surface area contributed by atoms with Crippen LogP contribution in [-0.4, -0.2) is 16.2 Å². The third kappa shape index (κ3) is 9.75. The molecule has 0 radical (unpaired) electrons. The van der Waals surface area contributed by atoms with E-state index in [4.69, 9.17) is 0 Å². The SMILES string of the molecule is CCCCCCCCCCCC=CC(=Cc1ccccc1O)C(=O)O. The predicted octanol–water partition coefficient (Wildman–Crippen LogP) is 6.34. The molecule has 25 heavy (non-hydrogen) atoms. The third-order valence-corrected chi connectivity index (χ3v) is 4.27. The number of phenols is 1. The van der Waals surface area contributed by atoms with Crippen molar-refractivity contribution >= 4 is 12.0 Å². The van der Waals surface area contributed by atoms with Crippen LogP contribution in [0.5, 0.6) is 5.75 Å². The minimum absolute atomic E-state index is 0.0913. The minimum atomic E-state index is -0.980. The molecule has 0 saturated carbocycles. The van der Waals surface area contributed by atoms with Gasteiger partial charge in [0.15, 0.2) is 0 Å². The molecule has 0 spiro atoms. The Morgan fingerprint density at radius 3 is 2.16 bits per heavy atom. The van der Waals surface area contributed by atoms with Gasteiger partial charge in [-0.2, -0.15) is 0 Å². The Kier molecular flexibility index (Phi) is 11.2. The summed E-state index contributed by atoms with van der Waals surface area (Å²) in [6.07, 6.45) is 17.5. The normalized spacial score (nSPS) is 12.0. The molecule has 1 aromatic rings. The summed E-state index contributed by atoms with van der Waals surface area (Å²) in [4.78, 5) is 11.3. The summed E-state index contributed by atoms with van der Waals surface area (Å²) >= 11 is 0. The Morgan fingerprint density at radius 2 is 1.56 bits per heavy atom. The molecule has 0 aliphatic rings. The maximum absolute atomic E-state index is 11.3. The molecule has 0 fully saturated rings. The van der Waals surface area contributed by atoms with Crippen molar-refractivity contribution < 1.29 is 15.0 Å². The fourth-order valence-electron chi connectivity index (χ4n) is 2.74. The van der Waals surface area contributed by atoms with Crippen LogP contribution in [0.4, 0.5) is 0 Å². The van der Waals surface area contributed by atoms with Gasteiger partial charge < -0.3 is 10.2 Å². The molecule has 0 heterocycles. The van der Waals surface area contributed by atoms with E-state index in [9.17, 15) is 15.0 Å². The molecule has 0 unspecified atom stereocenters. The van der Waals surface area contributed by atoms with Crippen LogP contribution >= 0.6 is 0 Å². The van der Waals surface area contributed by atoms with Crippen LogP contribution in [0, 0.1) is 0 Å². The number of hydrogen-bond donors (Lipinski definition) is 2. The maximum Gasteiger partial charge on any atom is 0.335 e. The van der Waals surface area contributed by atoms with Crippen LogP contribution in [0.15, 0.2) is 42.0 Å². The highest BCUT2D eigenvalue weighted by molar-refractivity contribution is 5.95. The molecule has 0 saturated heterocycles. The maximum atomic E-state index is 11.3. The molecule has 0 aliphatic carbocycles. The number of carboxylic acids is 1. The van der Waals surface area contributed by atoms with Crippen LogP contribution in [0.25, 0.3) is 6.08 Å². The largest absolute Gasteiger partial charge is 0.507 e. The number of para-hydroxylation sites is 1. The van der Waals surface area contributed by atoms with E-state index >= 15 is 0 Å². The number of carboxylic acid groups (broad SMARTS) is 1. The highest BCUT2D eigenvalue weighted by Crippen LogP contribution is 2.19. The van der Waals surface area contributed by atoms with Gasteiger partial charge in [-0.3, -0.25) is 0 Å². The third-order valence-electron chi connectivity index (χ3n) is 4.27. The molecule has 3 heteroatoms. The summed E-state index contributed by atoms with van der Waals surface area (Å²) in [6.45, 7) is 2.24. The number of hydrogen-bond acceptors (Lipinski definition) is 2. The summed E-state index contributed by atoms with van der Waals surface area (Å²) in [5.41, 5.74) is 0.713. The van der Waals surface area contributed by atoms with Crippen molar-refractivity contribution in [2.24, 2.45) is 0 Å². The zero-order valence-corrected chi connectivity index (χ0v) is 15.4. The molecular weight excluding hydrogens is 312 g/mol. The summed E-state index contributed by atoms with van der Waals surface area (Å²) in [6, 6.07) is 6.74. The van der Waals surface area contributed by atoms with Gasteiger partial charge in [-0.15, -0.1) is 0 Å². The average Bonchev–Trinajstić information content (AvgIpc) is 2.60. The van der Waals surface area contributed by atoms with Gasteiger partial charge in [-0.25, -0.2) is 4.79 Å². The molecule has 138 valence electrons. The van der Waals surface area contributed by atoms with Gasteiger partial charge in [0.1, 0.15) is 5.75 Å². The van der Waals surface area contributed by atoms with E-state index in [1.54, 1.807) is 30.3 Å². The molecule has 3 nitrogen and oxygen atoms in total. The van der Waals surface area contributed by atoms with Crippen LogP contribution in [-0.2, 0) is 4.79 Å². The summed E-state index contributed by atoms with van der Waals surface area (Å²) < 4.78 is 0. The lowest BCUT2D eigenvalue weighted by Crippen LogP contribution is -1.97. The first-order valence-electron chi connectivity index (χ1n) is 9.54. The lowest BCUT2D eigenvalue weighted by Gasteiger charge is -2.01. The van der Waals surface area contributed by atoms with Crippen molar-refractivity contribution in [2.75, 3.05) is 0 Å². The second-order valence-electron chi connectivity index (χ2n) is 6.48. The van der Waals surface area contributed by atoms with E-state index in [1.165, 1.54) is 57.4 Å². The zero-order chi connectivity index (χ0) is 18.3. The number of allylic oxidation sites excluding steroid dienone is 1. The fraction of sp³-hybridized carbons (Fsp3) is 0.500. The van der Waals surface area contributed by atoms with Gasteiger partial charge in [0.05, 0.1) is 5.57 Å². The average molecular weight is 344 g/mol. The Hall–Kier alpha value is -2.03. The number of unbranched alkanes of at least 4 members (excludes halogenated alkanes) is 9. The molecule has 0 amide bonds. The van der Waals surface area contributed by atoms with Crippen molar-refractivity contribution in [3.8, 4) is 5.75 Å². The Labute approximate surface area is 152 Å². The topological polar surface area (TPSA) is 57.5 Å². The smallest absolute Gasteiger partial charge is 0.335 e. The first-order chi connectivity index (χ1) is 12.1. The zero-order valence-electron chi connectivity index (χ0n) is 15.4. The van der Waals surface area contributed by atoms with Crippen LogP contribution < -0.4 is 0 Å². The van der Waals surface area contributed by atoms with Gasteiger partial charge >= 0.3 is 5.97 Å². The van der Waals surface area contributed by atoms with Gasteiger partial charge in [0.25, 0.3) is 0 Å². The monoisotopic (exact) mass is 344 g/mol. The molecule has 0 aromatic heterocycles. The molecule has 0 bridgehead atoms. The molecular formula is C22H32O3. The molecule has 0 aliphatic heterocycles. The van der Waals surface area contributed by atoms with E-state index in [1.807, 2.05) is 6.08 Å². The second kappa shape index (κ2) is 13.3. The number of carbonyl (C=O) groups is 1. The fourth-order valence-corrected chi connectivity index (χ4v) is 2.74. The minimum Gasteiger partial charge on any atom is -0.507 e. The van der Waals surface area contributed by atoms with E-state index < -0.39 is 5.97 Å². The van der Waals surface area contributed by atoms with Crippen LogP contribution in [0.3, 0.4) is 0 Å². The van der Waals surface area contributed by atoms with Gasteiger partial charge in [0.2, 0.25) is 0 Å². The van der Waals surface area contributed by atoms with E-state index in [-0.39, 0.29) is 11.3 Å². The van der Waals surface area contributed by atoms with Gasteiger partial charge in [-0.1, -0.05) is 88.6 Å². The van der Waals surface area contributed by atoms with Crippen molar-refractivity contribution in [3.63, 3.8) is 0 Å². The highest BCUT2D eigenvalue weighted by Gasteiger charge is 2.05. The molecule has 1 aromatic carbocycles. The first kappa shape index (κ1) is 21.0. The quantitative estimate of drug-likeness (QED) is 0.249. The first-order valence-corrected chi connectivity index (χ1v) is 9.54. The van der Waals surface area contributed by atoms with Crippen LogP contribution in [0.2, 0.25) is 0 Å². The summed E-state index contributed by atoms with van der Waals surface area (Å²) in [5, 5.41) is 19.0. The van der Waals surface area contributed by atoms with E-state index in [0.717, 1.165) is 12.8 Å². The van der Waals surface area contributed by atoms with E-state index in [0.29, 0.717) is 5.56 Å². The Balaban J connectivity index is 2.28. The lowest BCUT2D eigenvalue weighted by atomic mass is 10.1. The van der Waals surface area contributed by atoms with Crippen molar-refractivity contribution in [2.45, 2.75) is 71.1 Å². The molecule has 2 N–H and O–H groups in total. The number of phenolic OH excluding ortho intramolecular Hbond substituents is 1. The number of benzene rings is 1. The molecule has 1 rings (SSSR count). The number of rotatable bonds is 13. The van der Waals surface area contributed by atoms with Crippen molar-refractivity contribution in [1.29, 1.82) is 0 Å². The summed E-state index contributed by atoms with van der Waals surface area (Å²) in [7, 11) is 0. The Morgan fingerprint density at radius 1 is 0.960 bits per heavy atom. The second-order valence-corrected chi connectivity index (χ2v) is 6.48. The summed E-state index contributed by atoms with van der Waals surface area (Å²) in [5.74, 6) is -0.889. The van der Waals surface area contributed by atoms with Crippen molar-refractivity contribution in [3.05, 3.63) is 47.6 Å².